The van der Waals surface area contributed by atoms with Crippen LogP contribution in [0, 0.1) is 17.3 Å². The van der Waals surface area contributed by atoms with E-state index in [1.54, 1.807) is 4.90 Å². The molecule has 4 unspecified atom stereocenters. The van der Waals surface area contributed by atoms with E-state index >= 15 is 0 Å². The van der Waals surface area contributed by atoms with Gasteiger partial charge in [-0.15, -0.1) is 0 Å². The molecule has 0 spiro atoms. The summed E-state index contributed by atoms with van der Waals surface area (Å²) in [7, 11) is 0. The molecule has 120 valence electrons. The van der Waals surface area contributed by atoms with Crippen molar-refractivity contribution in [3.63, 3.8) is 0 Å². The summed E-state index contributed by atoms with van der Waals surface area (Å²) >= 11 is 0. The van der Waals surface area contributed by atoms with Crippen LogP contribution in [0.1, 0.15) is 52.9 Å². The van der Waals surface area contributed by atoms with E-state index in [0.717, 1.165) is 25.2 Å². The molecule has 1 saturated heterocycles. The van der Waals surface area contributed by atoms with Crippen LogP contribution in [0.15, 0.2) is 0 Å². The number of carbonyl (C=O) groups excluding carboxylic acids is 1. The highest BCUT2D eigenvalue weighted by atomic mass is 16.4. The van der Waals surface area contributed by atoms with Gasteiger partial charge in [0.05, 0.1) is 5.41 Å². The molecule has 2 aliphatic rings. The maximum Gasteiger partial charge on any atom is 0.317 e. The Morgan fingerprint density at radius 1 is 1.33 bits per heavy atom. The predicted octanol–water partition coefficient (Wildman–Crippen LogP) is 2.71. The van der Waals surface area contributed by atoms with Crippen LogP contribution in [0.25, 0.3) is 0 Å². The van der Waals surface area contributed by atoms with Crippen LogP contribution in [0.5, 0.6) is 0 Å². The van der Waals surface area contributed by atoms with Gasteiger partial charge in [-0.2, -0.15) is 0 Å². The van der Waals surface area contributed by atoms with Crippen molar-refractivity contribution in [1.29, 1.82) is 0 Å². The Morgan fingerprint density at radius 2 is 2.05 bits per heavy atom. The number of likely N-dealkylation sites (tertiary alicyclic amines) is 1. The quantitative estimate of drug-likeness (QED) is 0.841. The molecular formula is C16H28N2O3. The molecule has 1 aliphatic heterocycles. The average molecular weight is 296 g/mol. The topological polar surface area (TPSA) is 69.6 Å². The average Bonchev–Trinajstić information content (AvgIpc) is 2.88. The van der Waals surface area contributed by atoms with E-state index in [0.29, 0.717) is 31.8 Å². The molecule has 2 N–H and O–H groups in total. The van der Waals surface area contributed by atoms with Crippen molar-refractivity contribution in [2.75, 3.05) is 13.1 Å². The molecule has 21 heavy (non-hydrogen) atoms. The maximum absolute atomic E-state index is 12.4. The van der Waals surface area contributed by atoms with Crippen LogP contribution >= 0.6 is 0 Å². The Kier molecular flexibility index (Phi) is 4.79. The summed E-state index contributed by atoms with van der Waals surface area (Å²) in [5.41, 5.74) is -0.746. The number of nitrogens with zero attached hydrogens (tertiary/aromatic N) is 1. The minimum Gasteiger partial charge on any atom is -0.481 e. The zero-order valence-electron chi connectivity index (χ0n) is 13.4. The molecule has 5 heteroatoms. The molecule has 1 aliphatic carbocycles. The third-order valence-corrected chi connectivity index (χ3v) is 5.51. The van der Waals surface area contributed by atoms with Gasteiger partial charge in [0.15, 0.2) is 0 Å². The van der Waals surface area contributed by atoms with Crippen LogP contribution in [0.4, 0.5) is 4.79 Å². The molecule has 0 bridgehead atoms. The highest BCUT2D eigenvalue weighted by Crippen LogP contribution is 2.34. The van der Waals surface area contributed by atoms with Crippen LogP contribution in [-0.4, -0.2) is 41.1 Å². The first-order valence-electron chi connectivity index (χ1n) is 8.17. The van der Waals surface area contributed by atoms with Crippen molar-refractivity contribution in [3.8, 4) is 0 Å². The summed E-state index contributed by atoms with van der Waals surface area (Å²) in [5.74, 6) is 0.454. The minimum absolute atomic E-state index is 0.0852. The van der Waals surface area contributed by atoms with Crippen molar-refractivity contribution >= 4 is 12.0 Å². The number of carboxylic acid groups (broad SMARTS) is 1. The Balaban J connectivity index is 1.92. The van der Waals surface area contributed by atoms with Crippen molar-refractivity contribution in [1.82, 2.24) is 10.2 Å². The minimum atomic E-state index is -0.778. The van der Waals surface area contributed by atoms with Gasteiger partial charge < -0.3 is 15.3 Å². The van der Waals surface area contributed by atoms with Gasteiger partial charge in [0.1, 0.15) is 0 Å². The van der Waals surface area contributed by atoms with Gasteiger partial charge in [0.2, 0.25) is 0 Å². The van der Waals surface area contributed by atoms with E-state index in [2.05, 4.69) is 19.2 Å². The first-order chi connectivity index (χ1) is 9.88. The summed E-state index contributed by atoms with van der Waals surface area (Å²) in [4.78, 5) is 25.5. The second-order valence-electron chi connectivity index (χ2n) is 7.06. The highest BCUT2D eigenvalue weighted by molar-refractivity contribution is 5.79. The fraction of sp³-hybridized carbons (Fsp3) is 0.875. The van der Waals surface area contributed by atoms with Crippen molar-refractivity contribution in [3.05, 3.63) is 0 Å². The van der Waals surface area contributed by atoms with Crippen molar-refractivity contribution < 1.29 is 14.7 Å². The zero-order chi connectivity index (χ0) is 15.6. The summed E-state index contributed by atoms with van der Waals surface area (Å²) in [5, 5.41) is 12.5. The fourth-order valence-corrected chi connectivity index (χ4v) is 3.79. The van der Waals surface area contributed by atoms with Gasteiger partial charge in [-0.3, -0.25) is 4.79 Å². The van der Waals surface area contributed by atoms with E-state index in [-0.39, 0.29) is 12.1 Å². The van der Waals surface area contributed by atoms with Crippen molar-refractivity contribution in [2.45, 2.75) is 58.9 Å². The lowest BCUT2D eigenvalue weighted by molar-refractivity contribution is -0.148. The maximum atomic E-state index is 12.4. The molecule has 1 heterocycles. The molecule has 0 aromatic rings. The number of carbonyl (C=O) groups is 2. The number of amides is 2. The molecule has 0 aromatic carbocycles. The lowest BCUT2D eigenvalue weighted by Crippen LogP contribution is -2.48. The largest absolute Gasteiger partial charge is 0.481 e. The van der Waals surface area contributed by atoms with E-state index in [4.69, 9.17) is 0 Å². The summed E-state index contributed by atoms with van der Waals surface area (Å²) in [6.07, 6.45) is 4.47. The van der Waals surface area contributed by atoms with Gasteiger partial charge in [0.25, 0.3) is 0 Å². The summed E-state index contributed by atoms with van der Waals surface area (Å²) in [6.45, 7) is 7.22. The van der Waals surface area contributed by atoms with E-state index in [1.807, 2.05) is 6.92 Å². The SMILES string of the molecule is CCC1(C(=O)O)CCN(C(=O)NC2CCC(C)CC2C)C1. The Morgan fingerprint density at radius 3 is 2.57 bits per heavy atom. The number of carboxylic acids is 1. The second-order valence-corrected chi connectivity index (χ2v) is 7.06. The Labute approximate surface area is 127 Å². The number of aliphatic carboxylic acids is 1. The number of hydrogen-bond donors (Lipinski definition) is 2. The highest BCUT2D eigenvalue weighted by Gasteiger charge is 2.45. The summed E-state index contributed by atoms with van der Waals surface area (Å²) in [6, 6.07) is 0.146. The normalized spacial score (nSPS) is 36.5. The van der Waals surface area contributed by atoms with Crippen LogP contribution in [-0.2, 0) is 4.79 Å². The van der Waals surface area contributed by atoms with E-state index in [9.17, 15) is 14.7 Å². The third-order valence-electron chi connectivity index (χ3n) is 5.51. The first kappa shape index (κ1) is 16.1. The van der Waals surface area contributed by atoms with Gasteiger partial charge in [-0.05, 0) is 43.9 Å². The lowest BCUT2D eigenvalue weighted by Gasteiger charge is -2.34. The lowest BCUT2D eigenvalue weighted by atomic mass is 9.80. The molecule has 2 fully saturated rings. The van der Waals surface area contributed by atoms with Crippen LogP contribution < -0.4 is 5.32 Å². The molecule has 1 saturated carbocycles. The summed E-state index contributed by atoms with van der Waals surface area (Å²) < 4.78 is 0. The fourth-order valence-electron chi connectivity index (χ4n) is 3.79. The number of rotatable bonds is 3. The van der Waals surface area contributed by atoms with Gasteiger partial charge in [-0.25, -0.2) is 4.79 Å². The molecule has 4 atom stereocenters. The predicted molar refractivity (Wildman–Crippen MR) is 81.0 cm³/mol. The van der Waals surface area contributed by atoms with Gasteiger partial charge in [-0.1, -0.05) is 20.8 Å². The first-order valence-corrected chi connectivity index (χ1v) is 8.17. The molecular weight excluding hydrogens is 268 g/mol. The number of hydrogen-bond acceptors (Lipinski definition) is 2. The number of nitrogens with one attached hydrogen (secondary N) is 1. The monoisotopic (exact) mass is 296 g/mol. The van der Waals surface area contributed by atoms with Crippen LogP contribution in [0.2, 0.25) is 0 Å². The third kappa shape index (κ3) is 3.33. The molecule has 2 amide bonds. The van der Waals surface area contributed by atoms with Gasteiger partial charge >= 0.3 is 12.0 Å². The van der Waals surface area contributed by atoms with E-state index < -0.39 is 11.4 Å². The van der Waals surface area contributed by atoms with Gasteiger partial charge in [0, 0.05) is 19.1 Å². The van der Waals surface area contributed by atoms with E-state index in [1.165, 1.54) is 0 Å². The van der Waals surface area contributed by atoms with Crippen molar-refractivity contribution in [2.24, 2.45) is 17.3 Å². The standard InChI is InChI=1S/C16H28N2O3/c1-4-16(14(19)20)7-8-18(10-16)15(21)17-13-6-5-11(2)9-12(13)3/h11-13H,4-10H2,1-3H3,(H,17,21)(H,19,20). The number of urea groups is 1. The zero-order valence-corrected chi connectivity index (χ0v) is 13.4. The van der Waals surface area contributed by atoms with Crippen LogP contribution in [0.3, 0.4) is 0 Å². The Bertz CT molecular complexity index is 412. The molecule has 2 rings (SSSR count). The molecule has 0 aromatic heterocycles. The molecule has 5 nitrogen and oxygen atoms in total. The smallest absolute Gasteiger partial charge is 0.317 e. The Hall–Kier alpha value is -1.26. The molecule has 0 radical (unpaired) electrons. The second kappa shape index (κ2) is 6.24.